The molecule has 0 bridgehead atoms. The van der Waals surface area contributed by atoms with Gasteiger partial charge in [-0.1, -0.05) is 33.1 Å². The lowest BCUT2D eigenvalue weighted by Crippen LogP contribution is -2.08. The molecule has 0 fully saturated rings. The van der Waals surface area contributed by atoms with E-state index in [0.29, 0.717) is 22.5 Å². The van der Waals surface area contributed by atoms with Crippen molar-refractivity contribution in [2.75, 3.05) is 11.5 Å². The van der Waals surface area contributed by atoms with E-state index in [4.69, 9.17) is 31.2 Å². The van der Waals surface area contributed by atoms with Crippen molar-refractivity contribution < 1.29 is 38.9 Å². The minimum Gasteiger partial charge on any atom is -0.478 e. The minimum absolute atomic E-state index is 0.132. The number of rotatable bonds is 8. The first-order chi connectivity index (χ1) is 20.5. The maximum absolute atomic E-state index is 11.8. The average Bonchev–Trinajstić information content (AvgIpc) is 2.99. The van der Waals surface area contributed by atoms with E-state index in [1.165, 1.54) is 67.8 Å². The number of hydrogen-bond donors (Lipinski definition) is 4. The molecule has 0 aliphatic rings. The van der Waals surface area contributed by atoms with E-state index in [9.17, 15) is 19.2 Å². The van der Waals surface area contributed by atoms with Gasteiger partial charge in [-0.05, 0) is 97.1 Å². The summed E-state index contributed by atoms with van der Waals surface area (Å²) >= 11 is 0. The molecule has 10 heteroatoms. The van der Waals surface area contributed by atoms with Crippen LogP contribution in [0.4, 0.5) is 11.4 Å². The van der Waals surface area contributed by atoms with Crippen LogP contribution >= 0.6 is 0 Å². The lowest BCUT2D eigenvalue weighted by molar-refractivity contribution is 0.0685. The maximum Gasteiger partial charge on any atom is 0.343 e. The highest BCUT2D eigenvalue weighted by Crippen LogP contribution is 2.16. The Kier molecular flexibility index (Phi) is 13.5. The lowest BCUT2D eigenvalue weighted by Gasteiger charge is -2.04. The zero-order valence-corrected chi connectivity index (χ0v) is 23.9. The molecule has 0 saturated carbocycles. The molecule has 0 spiro atoms. The minimum atomic E-state index is -1.03. The van der Waals surface area contributed by atoms with Gasteiger partial charge in [0, 0.05) is 11.4 Å². The molecule has 0 radical (unpaired) electrons. The zero-order chi connectivity index (χ0) is 31.8. The third-order valence-electron chi connectivity index (χ3n) is 5.62. The van der Waals surface area contributed by atoms with Crippen LogP contribution in [0.25, 0.3) is 0 Å². The summed E-state index contributed by atoms with van der Waals surface area (Å²) in [6, 6.07) is 23.8. The Balaban J connectivity index is 0.000000260. The fourth-order valence-corrected chi connectivity index (χ4v) is 3.25. The van der Waals surface area contributed by atoms with Crippen LogP contribution in [0.3, 0.4) is 0 Å². The SMILES string of the molecule is CCCCC.Nc1ccc(C(=O)Oc2ccc(C(=O)O)cc2)cc1.Nc1ccc(C(=O)Oc2ccc(C(=O)O)cc2)cc1. The second kappa shape index (κ2) is 17.2. The van der Waals surface area contributed by atoms with Gasteiger partial charge in [0.2, 0.25) is 0 Å². The summed E-state index contributed by atoms with van der Waals surface area (Å²) in [5.41, 5.74) is 13.2. The summed E-state index contributed by atoms with van der Waals surface area (Å²) in [5, 5.41) is 17.5. The maximum atomic E-state index is 11.8. The number of anilines is 2. The van der Waals surface area contributed by atoms with Crippen molar-refractivity contribution in [1.29, 1.82) is 0 Å². The molecule has 0 atom stereocenters. The van der Waals surface area contributed by atoms with Crippen LogP contribution in [0, 0.1) is 0 Å². The lowest BCUT2D eigenvalue weighted by atomic mass is 10.2. The Morgan fingerprint density at radius 2 is 0.791 bits per heavy atom. The fourth-order valence-electron chi connectivity index (χ4n) is 3.25. The van der Waals surface area contributed by atoms with Gasteiger partial charge < -0.3 is 31.2 Å². The summed E-state index contributed by atoms with van der Waals surface area (Å²) in [7, 11) is 0. The number of nitrogen functional groups attached to an aromatic ring is 2. The van der Waals surface area contributed by atoms with Crippen LogP contribution in [0.1, 0.15) is 74.5 Å². The molecule has 10 nitrogen and oxygen atoms in total. The molecule has 4 aromatic carbocycles. The van der Waals surface area contributed by atoms with Crippen molar-refractivity contribution in [3.05, 3.63) is 119 Å². The van der Waals surface area contributed by atoms with E-state index >= 15 is 0 Å². The van der Waals surface area contributed by atoms with Crippen molar-refractivity contribution in [1.82, 2.24) is 0 Å². The van der Waals surface area contributed by atoms with Gasteiger partial charge in [-0.15, -0.1) is 0 Å². The van der Waals surface area contributed by atoms with Gasteiger partial charge in [0.05, 0.1) is 22.3 Å². The number of benzene rings is 4. The summed E-state index contributed by atoms with van der Waals surface area (Å²) in [6.45, 7) is 4.42. The highest BCUT2D eigenvalue weighted by Gasteiger charge is 2.10. The molecular formula is C33H34N2O8. The number of carboxylic acid groups (broad SMARTS) is 2. The molecule has 0 aromatic heterocycles. The number of nitrogens with two attached hydrogens (primary N) is 2. The summed E-state index contributed by atoms with van der Waals surface area (Å²) in [4.78, 5) is 44.9. The van der Waals surface area contributed by atoms with Crippen LogP contribution in [0.2, 0.25) is 0 Å². The van der Waals surface area contributed by atoms with E-state index < -0.39 is 23.9 Å². The predicted molar refractivity (Wildman–Crippen MR) is 164 cm³/mol. The molecule has 6 N–H and O–H groups in total. The Labute approximate surface area is 249 Å². The molecule has 224 valence electrons. The monoisotopic (exact) mass is 586 g/mol. The summed E-state index contributed by atoms with van der Waals surface area (Å²) in [5.74, 6) is -2.54. The van der Waals surface area contributed by atoms with Crippen LogP contribution in [0.5, 0.6) is 11.5 Å². The van der Waals surface area contributed by atoms with Crippen LogP contribution in [-0.2, 0) is 0 Å². The van der Waals surface area contributed by atoms with Gasteiger partial charge >= 0.3 is 23.9 Å². The van der Waals surface area contributed by atoms with Gasteiger partial charge in [0.1, 0.15) is 11.5 Å². The smallest absolute Gasteiger partial charge is 0.343 e. The molecule has 4 rings (SSSR count). The fraction of sp³-hybridized carbons (Fsp3) is 0.152. The Morgan fingerprint density at radius 3 is 1.02 bits per heavy atom. The van der Waals surface area contributed by atoms with E-state index in [1.54, 1.807) is 48.5 Å². The van der Waals surface area contributed by atoms with Crippen molar-refractivity contribution >= 4 is 35.3 Å². The first-order valence-corrected chi connectivity index (χ1v) is 13.4. The summed E-state index contributed by atoms with van der Waals surface area (Å²) in [6.07, 6.45) is 4.08. The predicted octanol–water partition coefficient (Wildman–Crippen LogP) is 6.57. The van der Waals surface area contributed by atoms with Crippen molar-refractivity contribution in [2.45, 2.75) is 33.1 Å². The molecule has 0 aliphatic heterocycles. The number of carbonyl (C=O) groups excluding carboxylic acids is 2. The summed E-state index contributed by atoms with van der Waals surface area (Å²) < 4.78 is 10.2. The van der Waals surface area contributed by atoms with Crippen molar-refractivity contribution in [3.8, 4) is 11.5 Å². The van der Waals surface area contributed by atoms with Crippen LogP contribution in [-0.4, -0.2) is 34.1 Å². The molecular weight excluding hydrogens is 552 g/mol. The third-order valence-corrected chi connectivity index (χ3v) is 5.62. The van der Waals surface area contributed by atoms with Gasteiger partial charge in [0.25, 0.3) is 0 Å². The van der Waals surface area contributed by atoms with Crippen LogP contribution in [0.15, 0.2) is 97.1 Å². The van der Waals surface area contributed by atoms with E-state index in [0.717, 1.165) is 0 Å². The highest BCUT2D eigenvalue weighted by atomic mass is 16.5. The largest absolute Gasteiger partial charge is 0.478 e. The van der Waals surface area contributed by atoms with E-state index in [2.05, 4.69) is 13.8 Å². The Hall–Kier alpha value is -5.64. The molecule has 43 heavy (non-hydrogen) atoms. The second-order valence-corrected chi connectivity index (χ2v) is 9.04. The third kappa shape index (κ3) is 11.8. The standard InChI is InChI=1S/2C14H11NO4.C5H12/c2*15-11-5-1-10(2-6-11)14(18)19-12-7-3-9(4-8-12)13(16)17;1-3-5-4-2/h2*1-8H,15H2,(H,16,17);3-5H2,1-2H3. The van der Waals surface area contributed by atoms with E-state index in [1.807, 2.05) is 0 Å². The normalized spacial score (nSPS) is 9.72. The Morgan fingerprint density at radius 1 is 0.512 bits per heavy atom. The van der Waals surface area contributed by atoms with Gasteiger partial charge in [-0.3, -0.25) is 0 Å². The number of hydrogen-bond acceptors (Lipinski definition) is 8. The quantitative estimate of drug-likeness (QED) is 0.100. The van der Waals surface area contributed by atoms with Gasteiger partial charge in [-0.2, -0.15) is 0 Å². The first-order valence-electron chi connectivity index (χ1n) is 13.4. The van der Waals surface area contributed by atoms with Crippen molar-refractivity contribution in [3.63, 3.8) is 0 Å². The number of ether oxygens (including phenoxy) is 2. The number of aromatic carboxylic acids is 2. The molecule has 0 heterocycles. The topological polar surface area (TPSA) is 179 Å². The molecule has 0 aliphatic carbocycles. The first kappa shape index (κ1) is 33.6. The van der Waals surface area contributed by atoms with Crippen molar-refractivity contribution in [2.24, 2.45) is 0 Å². The second-order valence-electron chi connectivity index (χ2n) is 9.04. The van der Waals surface area contributed by atoms with Crippen LogP contribution < -0.4 is 20.9 Å². The molecule has 4 aromatic rings. The zero-order valence-electron chi connectivity index (χ0n) is 23.9. The number of carboxylic acids is 2. The molecule has 0 amide bonds. The average molecular weight is 587 g/mol. The van der Waals surface area contributed by atoms with E-state index in [-0.39, 0.29) is 22.6 Å². The number of esters is 2. The number of unbranched alkanes of at least 4 members (excludes halogenated alkanes) is 2. The van der Waals surface area contributed by atoms with Gasteiger partial charge in [-0.25, -0.2) is 19.2 Å². The molecule has 0 unspecified atom stereocenters. The number of carbonyl (C=O) groups is 4. The molecule has 0 saturated heterocycles. The Bertz CT molecular complexity index is 1370. The van der Waals surface area contributed by atoms with Gasteiger partial charge in [0.15, 0.2) is 0 Å². The highest BCUT2D eigenvalue weighted by molar-refractivity contribution is 5.92.